The quantitative estimate of drug-likeness (QED) is 0.859. The molecule has 1 aromatic heterocycles. The van der Waals surface area contributed by atoms with E-state index in [-0.39, 0.29) is 18.4 Å². The Morgan fingerprint density at radius 2 is 1.96 bits per heavy atom. The Bertz CT molecular complexity index is 796. The second-order valence-electron chi connectivity index (χ2n) is 6.52. The van der Waals surface area contributed by atoms with Gasteiger partial charge in [0.25, 0.3) is 5.91 Å². The molecule has 0 bridgehead atoms. The third-order valence-electron chi connectivity index (χ3n) is 3.44. The van der Waals surface area contributed by atoms with Crippen LogP contribution in [0, 0.1) is 0 Å². The zero-order valence-electron chi connectivity index (χ0n) is 13.9. The maximum absolute atomic E-state index is 12.4. The number of fused-ring (bicyclic) bond motifs is 2. The van der Waals surface area contributed by atoms with E-state index in [1.165, 1.54) is 0 Å². The van der Waals surface area contributed by atoms with Gasteiger partial charge in [0.05, 0.1) is 16.9 Å². The predicted octanol–water partition coefficient (Wildman–Crippen LogP) is 3.13. The normalized spacial score (nSPS) is 13.5. The molecule has 6 nitrogen and oxygen atoms in total. The molecule has 2 heterocycles. The van der Waals surface area contributed by atoms with Gasteiger partial charge in [0.1, 0.15) is 12.1 Å². The maximum atomic E-state index is 12.4. The van der Waals surface area contributed by atoms with E-state index in [0.717, 1.165) is 0 Å². The van der Waals surface area contributed by atoms with Crippen molar-refractivity contribution >= 4 is 29.1 Å². The number of carbonyl (C=O) groups excluding carboxylic acids is 2. The third-order valence-corrected chi connectivity index (χ3v) is 3.44. The summed E-state index contributed by atoms with van der Waals surface area (Å²) in [5, 5.41) is 2.83. The van der Waals surface area contributed by atoms with Gasteiger partial charge in [-0.15, -0.1) is 0 Å². The highest BCUT2D eigenvalue weighted by Gasteiger charge is 2.28. The molecule has 1 N–H and O–H groups in total. The van der Waals surface area contributed by atoms with Crippen molar-refractivity contribution in [2.75, 3.05) is 16.8 Å². The lowest BCUT2D eigenvalue weighted by Gasteiger charge is -2.26. The number of hydrogen-bond acceptors (Lipinski definition) is 5. The summed E-state index contributed by atoms with van der Waals surface area (Å²) < 4.78 is 5.42. The van der Waals surface area contributed by atoms with E-state index in [1.807, 2.05) is 26.8 Å². The summed E-state index contributed by atoms with van der Waals surface area (Å²) in [6, 6.07) is 10.6. The van der Waals surface area contributed by atoms with Crippen LogP contribution >= 0.6 is 0 Å². The van der Waals surface area contributed by atoms with E-state index in [0.29, 0.717) is 22.8 Å². The van der Waals surface area contributed by atoms with Crippen molar-refractivity contribution in [3.8, 4) is 0 Å². The lowest BCUT2D eigenvalue weighted by atomic mass is 10.1. The number of esters is 1. The first kappa shape index (κ1) is 16.0. The second-order valence-corrected chi connectivity index (χ2v) is 6.52. The number of amides is 1. The number of pyridine rings is 1. The smallest absolute Gasteiger partial charge is 0.326 e. The maximum Gasteiger partial charge on any atom is 0.326 e. The number of anilines is 3. The number of carbonyl (C=O) groups is 2. The highest BCUT2D eigenvalue weighted by atomic mass is 16.6. The Hall–Kier alpha value is -2.89. The number of aromatic nitrogens is 1. The first-order valence-corrected chi connectivity index (χ1v) is 7.70. The number of nitrogens with zero attached hydrogens (tertiary/aromatic N) is 2. The van der Waals surface area contributed by atoms with Gasteiger partial charge in [0, 0.05) is 6.20 Å². The van der Waals surface area contributed by atoms with Gasteiger partial charge >= 0.3 is 5.97 Å². The fraction of sp³-hybridized carbons (Fsp3) is 0.278. The fourth-order valence-electron chi connectivity index (χ4n) is 2.58. The minimum absolute atomic E-state index is 0.0345. The molecule has 0 atom stereocenters. The first-order valence-electron chi connectivity index (χ1n) is 7.70. The van der Waals surface area contributed by atoms with Crippen molar-refractivity contribution in [2.45, 2.75) is 26.4 Å². The lowest BCUT2D eigenvalue weighted by molar-refractivity contribution is -0.152. The SMILES string of the molecule is CC(C)(C)OC(=O)CN1c2ccccc2C(=O)Nc2cccnc21. The van der Waals surface area contributed by atoms with Crippen LogP contribution in [-0.4, -0.2) is 29.0 Å². The van der Waals surface area contributed by atoms with Crippen LogP contribution in [0.1, 0.15) is 31.1 Å². The van der Waals surface area contributed by atoms with Crippen LogP contribution in [0.4, 0.5) is 17.2 Å². The van der Waals surface area contributed by atoms with Crippen LogP contribution < -0.4 is 10.2 Å². The molecule has 1 amide bonds. The topological polar surface area (TPSA) is 71.5 Å². The Morgan fingerprint density at radius 3 is 2.71 bits per heavy atom. The predicted molar refractivity (Wildman–Crippen MR) is 91.5 cm³/mol. The number of para-hydroxylation sites is 1. The lowest BCUT2D eigenvalue weighted by Crippen LogP contribution is -2.33. The van der Waals surface area contributed by atoms with Crippen LogP contribution in [0.3, 0.4) is 0 Å². The molecule has 1 aromatic carbocycles. The van der Waals surface area contributed by atoms with Crippen molar-refractivity contribution in [2.24, 2.45) is 0 Å². The fourth-order valence-corrected chi connectivity index (χ4v) is 2.58. The summed E-state index contributed by atoms with van der Waals surface area (Å²) in [6.45, 7) is 5.42. The molecule has 6 heteroatoms. The average Bonchev–Trinajstić information content (AvgIpc) is 2.62. The zero-order valence-corrected chi connectivity index (χ0v) is 13.9. The van der Waals surface area contributed by atoms with E-state index in [4.69, 9.17) is 4.74 Å². The van der Waals surface area contributed by atoms with Crippen molar-refractivity contribution in [3.05, 3.63) is 48.2 Å². The number of benzene rings is 1. The molecule has 124 valence electrons. The molecule has 0 radical (unpaired) electrons. The van der Waals surface area contributed by atoms with Crippen LogP contribution in [-0.2, 0) is 9.53 Å². The van der Waals surface area contributed by atoms with E-state index in [1.54, 1.807) is 41.4 Å². The van der Waals surface area contributed by atoms with Gasteiger partial charge in [-0.25, -0.2) is 4.98 Å². The second kappa shape index (κ2) is 5.96. The van der Waals surface area contributed by atoms with Crippen molar-refractivity contribution in [1.82, 2.24) is 4.98 Å². The minimum atomic E-state index is -0.580. The van der Waals surface area contributed by atoms with Gasteiger partial charge < -0.3 is 15.0 Å². The Balaban J connectivity index is 2.05. The van der Waals surface area contributed by atoms with Crippen molar-refractivity contribution in [1.29, 1.82) is 0 Å². The van der Waals surface area contributed by atoms with E-state index < -0.39 is 5.60 Å². The number of ether oxygens (including phenoxy) is 1. The summed E-state index contributed by atoms with van der Waals surface area (Å²) in [5.74, 6) is -0.101. The summed E-state index contributed by atoms with van der Waals surface area (Å²) in [6.07, 6.45) is 1.63. The Kier molecular flexibility index (Phi) is 3.97. The van der Waals surface area contributed by atoms with Crippen molar-refractivity contribution in [3.63, 3.8) is 0 Å². The molecule has 0 saturated carbocycles. The van der Waals surface area contributed by atoms with Crippen LogP contribution in [0.15, 0.2) is 42.6 Å². The Labute approximate surface area is 140 Å². The van der Waals surface area contributed by atoms with Crippen LogP contribution in [0.5, 0.6) is 0 Å². The highest BCUT2D eigenvalue weighted by Crippen LogP contribution is 2.35. The molecule has 1 aliphatic rings. The largest absolute Gasteiger partial charge is 0.459 e. The minimum Gasteiger partial charge on any atom is -0.459 e. The molecule has 0 unspecified atom stereocenters. The van der Waals surface area contributed by atoms with E-state index in [2.05, 4.69) is 10.3 Å². The van der Waals surface area contributed by atoms with Gasteiger partial charge in [-0.05, 0) is 45.0 Å². The summed E-state index contributed by atoms with van der Waals surface area (Å²) >= 11 is 0. The third kappa shape index (κ3) is 3.22. The number of nitrogens with one attached hydrogen (secondary N) is 1. The standard InChI is InChI=1S/C18H19N3O3/c1-18(2,3)24-15(22)11-21-14-9-5-4-7-12(14)17(23)20-13-8-6-10-19-16(13)21/h4-10H,11H2,1-3H3,(H,20,23). The molecule has 0 saturated heterocycles. The zero-order chi connectivity index (χ0) is 17.3. The van der Waals surface area contributed by atoms with Crippen LogP contribution in [0.25, 0.3) is 0 Å². The molecular weight excluding hydrogens is 306 g/mol. The van der Waals surface area contributed by atoms with Gasteiger partial charge in [0.2, 0.25) is 0 Å². The molecule has 2 aromatic rings. The van der Waals surface area contributed by atoms with Gasteiger partial charge in [-0.1, -0.05) is 12.1 Å². The molecule has 24 heavy (non-hydrogen) atoms. The first-order chi connectivity index (χ1) is 11.3. The molecule has 0 fully saturated rings. The monoisotopic (exact) mass is 325 g/mol. The summed E-state index contributed by atoms with van der Waals surface area (Å²) in [4.78, 5) is 30.8. The highest BCUT2D eigenvalue weighted by molar-refractivity contribution is 6.12. The van der Waals surface area contributed by atoms with Gasteiger partial charge in [0.15, 0.2) is 5.82 Å². The molecule has 0 spiro atoms. The average molecular weight is 325 g/mol. The van der Waals surface area contributed by atoms with Gasteiger partial charge in [-0.2, -0.15) is 0 Å². The molecule has 0 aliphatic carbocycles. The van der Waals surface area contributed by atoms with Crippen molar-refractivity contribution < 1.29 is 14.3 Å². The molecule has 1 aliphatic heterocycles. The van der Waals surface area contributed by atoms with Crippen LogP contribution in [0.2, 0.25) is 0 Å². The summed E-state index contributed by atoms with van der Waals surface area (Å²) in [5.41, 5.74) is 1.09. The van der Waals surface area contributed by atoms with E-state index in [9.17, 15) is 9.59 Å². The number of rotatable bonds is 2. The Morgan fingerprint density at radius 1 is 1.21 bits per heavy atom. The van der Waals surface area contributed by atoms with Gasteiger partial charge in [-0.3, -0.25) is 9.59 Å². The number of hydrogen-bond donors (Lipinski definition) is 1. The molecular formula is C18H19N3O3. The van der Waals surface area contributed by atoms with E-state index >= 15 is 0 Å². The summed E-state index contributed by atoms with van der Waals surface area (Å²) in [7, 11) is 0. The molecule has 3 rings (SSSR count).